The Morgan fingerprint density at radius 3 is 2.62 bits per heavy atom. The van der Waals surface area contributed by atoms with E-state index in [9.17, 15) is 23.8 Å². The maximum Gasteiger partial charge on any atom is 0.307 e. The Morgan fingerprint density at radius 2 is 1.93 bits per heavy atom. The molecule has 1 aliphatic rings. The summed E-state index contributed by atoms with van der Waals surface area (Å²) in [6, 6.07) is 5.16. The van der Waals surface area contributed by atoms with Crippen LogP contribution in [0.1, 0.15) is 18.4 Å². The maximum atomic E-state index is 12.2. The fraction of sp³-hybridized carbons (Fsp3) is 0.389. The highest BCUT2D eigenvalue weighted by Gasteiger charge is 2.29. The molecule has 10 nitrogen and oxygen atoms in total. The number of ether oxygens (including phenoxy) is 2. The molecule has 0 bridgehead atoms. The van der Waals surface area contributed by atoms with Crippen molar-refractivity contribution in [2.75, 3.05) is 25.7 Å². The quantitative estimate of drug-likeness (QED) is 0.302. The van der Waals surface area contributed by atoms with Gasteiger partial charge in [-0.25, -0.2) is 0 Å². The molecule has 1 aliphatic heterocycles. The summed E-state index contributed by atoms with van der Waals surface area (Å²) in [5, 5.41) is 20.2. The van der Waals surface area contributed by atoms with Crippen LogP contribution in [0.5, 0.6) is 11.5 Å². The second-order valence-corrected chi connectivity index (χ2v) is 8.96. The van der Waals surface area contributed by atoms with E-state index in [1.165, 1.54) is 6.08 Å². The van der Waals surface area contributed by atoms with Gasteiger partial charge in [-0.2, -0.15) is 0 Å². The van der Waals surface area contributed by atoms with Gasteiger partial charge in [-0.1, -0.05) is 6.07 Å². The van der Waals surface area contributed by atoms with Gasteiger partial charge in [-0.3, -0.25) is 18.9 Å². The number of hydrogen-bond acceptors (Lipinski definition) is 6. The monoisotopic (exact) mass is 427 g/mol. The fourth-order valence-electron chi connectivity index (χ4n) is 2.63. The van der Waals surface area contributed by atoms with Crippen LogP contribution in [0.2, 0.25) is 0 Å². The average Bonchev–Trinajstić information content (AvgIpc) is 3.10. The summed E-state index contributed by atoms with van der Waals surface area (Å²) in [4.78, 5) is 43.5. The molecular weight excluding hydrogens is 405 g/mol. The lowest BCUT2D eigenvalue weighted by molar-refractivity contribution is -0.142. The van der Waals surface area contributed by atoms with Crippen LogP contribution in [0.4, 0.5) is 0 Å². The number of fused-ring (bicyclic) bond motifs is 1. The predicted molar refractivity (Wildman–Crippen MR) is 102 cm³/mol. The number of hydrogen-bond donors (Lipinski definition) is 4. The molecule has 4 N–H and O–H groups in total. The largest absolute Gasteiger partial charge is 0.481 e. The topological polar surface area (TPSA) is 159 Å². The van der Waals surface area contributed by atoms with Crippen LogP contribution in [0.15, 0.2) is 24.3 Å². The number of benzene rings is 1. The summed E-state index contributed by atoms with van der Waals surface area (Å²) in [7, 11) is -3.85. The molecule has 0 aromatic heterocycles. The summed E-state index contributed by atoms with van der Waals surface area (Å²) in [5.74, 6) is -3.02. The number of carbonyl (C=O) groups is 3. The Labute approximate surface area is 166 Å². The molecule has 1 aromatic rings. The Hall–Kier alpha value is -2.84. The van der Waals surface area contributed by atoms with E-state index in [1.807, 2.05) is 0 Å². The third-order valence-corrected chi connectivity index (χ3v) is 6.08. The Morgan fingerprint density at radius 1 is 1.21 bits per heavy atom. The minimum absolute atomic E-state index is 0.122. The molecule has 0 radical (unpaired) electrons. The van der Waals surface area contributed by atoms with Crippen LogP contribution in [0, 0.1) is 5.92 Å². The molecule has 0 spiro atoms. The zero-order valence-corrected chi connectivity index (χ0v) is 16.3. The Balaban J connectivity index is 1.79. The zero-order valence-electron chi connectivity index (χ0n) is 15.4. The number of rotatable bonds is 11. The lowest BCUT2D eigenvalue weighted by atomic mass is 10.1. The van der Waals surface area contributed by atoms with E-state index in [1.54, 1.807) is 24.3 Å². The number of nitrogens with one attached hydrogen (secondary N) is 1. The van der Waals surface area contributed by atoms with Crippen LogP contribution >= 0.6 is 7.37 Å². The van der Waals surface area contributed by atoms with Gasteiger partial charge in [0.25, 0.3) is 0 Å². The van der Waals surface area contributed by atoms with Gasteiger partial charge in [-0.05, 0) is 30.2 Å². The first-order chi connectivity index (χ1) is 13.7. The highest BCUT2D eigenvalue weighted by Crippen LogP contribution is 2.42. The van der Waals surface area contributed by atoms with Gasteiger partial charge in [0.15, 0.2) is 11.5 Å². The number of amides is 1. The van der Waals surface area contributed by atoms with Crippen LogP contribution in [-0.2, 0) is 18.9 Å². The van der Waals surface area contributed by atoms with Crippen LogP contribution in [-0.4, -0.2) is 58.6 Å². The maximum absolute atomic E-state index is 12.2. The molecular formula is C18H22NO9P. The van der Waals surface area contributed by atoms with E-state index in [0.29, 0.717) is 17.1 Å². The van der Waals surface area contributed by atoms with Gasteiger partial charge >= 0.3 is 11.9 Å². The van der Waals surface area contributed by atoms with Gasteiger partial charge in [0, 0.05) is 31.4 Å². The number of carbonyl (C=O) groups excluding carboxylic acids is 1. The van der Waals surface area contributed by atoms with Crippen molar-refractivity contribution in [1.29, 1.82) is 0 Å². The zero-order chi connectivity index (χ0) is 21.4. The summed E-state index contributed by atoms with van der Waals surface area (Å²) in [6.07, 6.45) is 1.30. The molecule has 1 aromatic carbocycles. The summed E-state index contributed by atoms with van der Waals surface area (Å²) in [6.45, 7) is 0.0204. The van der Waals surface area contributed by atoms with Crippen molar-refractivity contribution in [2.24, 2.45) is 5.92 Å². The van der Waals surface area contributed by atoms with Crippen molar-refractivity contribution in [3.8, 4) is 11.5 Å². The SMILES string of the molecule is O=C(O)CCC(CP(=O)(O)CCNC(=O)/C=C/c1ccc2c(c1)OCO2)C(=O)O. The first kappa shape index (κ1) is 22.4. The van der Waals surface area contributed by atoms with E-state index >= 15 is 0 Å². The normalized spacial score (nSPS) is 15.6. The van der Waals surface area contributed by atoms with Gasteiger partial charge in [0.2, 0.25) is 20.1 Å². The van der Waals surface area contributed by atoms with Crippen molar-refractivity contribution in [2.45, 2.75) is 12.8 Å². The summed E-state index contributed by atoms with van der Waals surface area (Å²) < 4.78 is 22.6. The second-order valence-electron chi connectivity index (χ2n) is 6.46. The first-order valence-electron chi connectivity index (χ1n) is 8.77. The summed E-state index contributed by atoms with van der Waals surface area (Å²) >= 11 is 0. The number of carboxylic acids is 2. The predicted octanol–water partition coefficient (Wildman–Crippen LogP) is 1.38. The third-order valence-electron chi connectivity index (χ3n) is 4.15. The van der Waals surface area contributed by atoms with E-state index < -0.39 is 43.7 Å². The van der Waals surface area contributed by atoms with E-state index in [4.69, 9.17) is 19.7 Å². The molecule has 2 unspecified atom stereocenters. The van der Waals surface area contributed by atoms with Crippen molar-refractivity contribution in [3.05, 3.63) is 29.8 Å². The average molecular weight is 427 g/mol. The van der Waals surface area contributed by atoms with Crippen LogP contribution in [0.25, 0.3) is 6.08 Å². The fourth-order valence-corrected chi connectivity index (χ4v) is 4.30. The van der Waals surface area contributed by atoms with Crippen molar-refractivity contribution < 1.29 is 43.5 Å². The van der Waals surface area contributed by atoms with E-state index in [-0.39, 0.29) is 25.9 Å². The molecule has 1 amide bonds. The van der Waals surface area contributed by atoms with Crippen LogP contribution < -0.4 is 14.8 Å². The molecule has 29 heavy (non-hydrogen) atoms. The van der Waals surface area contributed by atoms with E-state index in [2.05, 4.69) is 5.32 Å². The van der Waals surface area contributed by atoms with Crippen molar-refractivity contribution in [3.63, 3.8) is 0 Å². The molecule has 1 heterocycles. The smallest absolute Gasteiger partial charge is 0.307 e. The van der Waals surface area contributed by atoms with Gasteiger partial charge in [-0.15, -0.1) is 0 Å². The van der Waals surface area contributed by atoms with Crippen LogP contribution in [0.3, 0.4) is 0 Å². The Kier molecular flexibility index (Phi) is 7.81. The lowest BCUT2D eigenvalue weighted by Crippen LogP contribution is -2.26. The molecule has 158 valence electrons. The van der Waals surface area contributed by atoms with Gasteiger partial charge < -0.3 is 29.9 Å². The van der Waals surface area contributed by atoms with Crippen molar-refractivity contribution >= 4 is 31.3 Å². The number of carboxylic acid groups (broad SMARTS) is 2. The lowest BCUT2D eigenvalue weighted by Gasteiger charge is -2.16. The molecule has 2 atom stereocenters. The molecule has 0 saturated carbocycles. The second kappa shape index (κ2) is 10.1. The Bertz CT molecular complexity index is 852. The molecule has 0 aliphatic carbocycles. The highest BCUT2D eigenvalue weighted by molar-refractivity contribution is 7.58. The first-order valence-corrected chi connectivity index (χ1v) is 10.8. The van der Waals surface area contributed by atoms with Gasteiger partial charge in [0.05, 0.1) is 5.92 Å². The van der Waals surface area contributed by atoms with Gasteiger partial charge in [0.1, 0.15) is 0 Å². The third kappa shape index (κ3) is 7.59. The molecule has 0 fully saturated rings. The standard InChI is InChI=1S/C18H22NO9P/c20-16(5-2-12-1-4-14-15(9-12)28-11-27-14)19-7-8-29(25,26)10-13(18(23)24)3-6-17(21)22/h1-2,4-5,9,13H,3,6-8,10-11H2,(H,19,20)(H,21,22)(H,23,24)(H,25,26)/b5-2+. The molecule has 2 rings (SSSR count). The molecule has 0 saturated heterocycles. The van der Waals surface area contributed by atoms with Crippen molar-refractivity contribution in [1.82, 2.24) is 5.32 Å². The highest BCUT2D eigenvalue weighted by atomic mass is 31.2. The number of aliphatic carboxylic acids is 2. The van der Waals surface area contributed by atoms with E-state index in [0.717, 1.165) is 0 Å². The minimum Gasteiger partial charge on any atom is -0.481 e. The minimum atomic E-state index is -3.85. The molecule has 11 heteroatoms. The summed E-state index contributed by atoms with van der Waals surface area (Å²) in [5.41, 5.74) is 0.708.